The first-order valence-corrected chi connectivity index (χ1v) is 6.82. The van der Waals surface area contributed by atoms with Crippen molar-refractivity contribution in [3.63, 3.8) is 0 Å². The van der Waals surface area contributed by atoms with Gasteiger partial charge in [0.25, 0.3) is 5.91 Å². The first kappa shape index (κ1) is 14.2. The number of rotatable bonds is 3. The van der Waals surface area contributed by atoms with Crippen LogP contribution in [0.1, 0.15) is 34.6 Å². The van der Waals surface area contributed by atoms with E-state index in [2.05, 4.69) is 32.3 Å². The molecule has 1 aromatic heterocycles. The summed E-state index contributed by atoms with van der Waals surface area (Å²) in [5.74, 6) is -0.241. The van der Waals surface area contributed by atoms with Crippen LogP contribution in [0, 0.1) is 11.3 Å². The quantitative estimate of drug-likeness (QED) is 0.940. The van der Waals surface area contributed by atoms with Crippen molar-refractivity contribution in [3.8, 4) is 6.07 Å². The highest BCUT2D eigenvalue weighted by Crippen LogP contribution is 2.17. The van der Waals surface area contributed by atoms with Crippen LogP contribution >= 0.6 is 15.9 Å². The first-order chi connectivity index (χ1) is 9.61. The maximum atomic E-state index is 12.1. The van der Waals surface area contributed by atoms with E-state index in [1.165, 1.54) is 0 Å². The Labute approximate surface area is 125 Å². The van der Waals surface area contributed by atoms with Gasteiger partial charge >= 0.3 is 0 Å². The number of nitriles is 1. The van der Waals surface area contributed by atoms with E-state index in [4.69, 9.17) is 5.26 Å². The number of hydrogen-bond donors (Lipinski definition) is 1. The largest absolute Gasteiger partial charge is 0.344 e. The number of carbonyl (C=O) groups is 1. The summed E-state index contributed by atoms with van der Waals surface area (Å²) < 4.78 is 0.657. The number of amides is 1. The Kier molecular flexibility index (Phi) is 4.49. The molecule has 2 rings (SSSR count). The van der Waals surface area contributed by atoms with E-state index in [9.17, 15) is 4.79 Å². The Hall–Kier alpha value is -2.19. The van der Waals surface area contributed by atoms with Gasteiger partial charge in [-0.2, -0.15) is 5.26 Å². The Bertz CT molecular complexity index is 662. The van der Waals surface area contributed by atoms with Crippen LogP contribution < -0.4 is 5.32 Å². The van der Waals surface area contributed by atoms with Crippen molar-refractivity contribution in [2.75, 3.05) is 0 Å². The molecule has 1 N–H and O–H groups in total. The van der Waals surface area contributed by atoms with E-state index in [0.29, 0.717) is 15.7 Å². The molecule has 1 amide bonds. The van der Waals surface area contributed by atoms with E-state index in [-0.39, 0.29) is 11.9 Å². The molecule has 0 aliphatic heterocycles. The zero-order valence-electron chi connectivity index (χ0n) is 10.8. The molecule has 0 spiro atoms. The molecule has 4 nitrogen and oxygen atoms in total. The zero-order valence-corrected chi connectivity index (χ0v) is 12.4. The lowest BCUT2D eigenvalue weighted by atomic mass is 10.1. The molecule has 1 unspecified atom stereocenters. The molecule has 20 heavy (non-hydrogen) atoms. The van der Waals surface area contributed by atoms with Gasteiger partial charge in [0.2, 0.25) is 0 Å². The van der Waals surface area contributed by atoms with Gasteiger partial charge in [-0.3, -0.25) is 4.79 Å². The summed E-state index contributed by atoms with van der Waals surface area (Å²) in [6.07, 6.45) is 1.58. The minimum Gasteiger partial charge on any atom is -0.344 e. The van der Waals surface area contributed by atoms with Gasteiger partial charge in [-0.1, -0.05) is 12.1 Å². The van der Waals surface area contributed by atoms with Crippen LogP contribution in [0.15, 0.2) is 47.1 Å². The fraction of sp³-hybridized carbons (Fsp3) is 0.133. The van der Waals surface area contributed by atoms with E-state index in [1.54, 1.807) is 30.5 Å². The predicted molar refractivity (Wildman–Crippen MR) is 79.0 cm³/mol. The summed E-state index contributed by atoms with van der Waals surface area (Å²) in [7, 11) is 0. The SMILES string of the molecule is CC(NC(=O)c1ncccc1Br)c1ccc(C#N)cc1. The Balaban J connectivity index is 2.11. The number of hydrogen-bond acceptors (Lipinski definition) is 3. The van der Waals surface area contributed by atoms with Crippen LogP contribution in [0.3, 0.4) is 0 Å². The number of pyridine rings is 1. The van der Waals surface area contributed by atoms with Crippen molar-refractivity contribution in [1.82, 2.24) is 10.3 Å². The standard InChI is InChI=1S/C15H12BrN3O/c1-10(12-6-4-11(9-17)5-7-12)19-15(20)14-13(16)3-2-8-18-14/h2-8,10H,1H3,(H,19,20). The van der Waals surface area contributed by atoms with Gasteiger partial charge in [0, 0.05) is 10.7 Å². The van der Waals surface area contributed by atoms with Gasteiger partial charge in [-0.15, -0.1) is 0 Å². The minimum atomic E-state index is -0.241. The van der Waals surface area contributed by atoms with E-state index < -0.39 is 0 Å². The highest BCUT2D eigenvalue weighted by atomic mass is 79.9. The van der Waals surface area contributed by atoms with Crippen LogP contribution in [0.4, 0.5) is 0 Å². The molecule has 1 atom stereocenters. The van der Waals surface area contributed by atoms with Crippen LogP contribution in [-0.2, 0) is 0 Å². The van der Waals surface area contributed by atoms with Crippen molar-refractivity contribution in [3.05, 3.63) is 63.9 Å². The summed E-state index contributed by atoms with van der Waals surface area (Å²) in [6, 6.07) is 12.6. The number of nitrogens with zero attached hydrogens (tertiary/aromatic N) is 2. The normalized spacial score (nSPS) is 11.4. The lowest BCUT2D eigenvalue weighted by Crippen LogP contribution is -2.27. The molecular formula is C15H12BrN3O. The van der Waals surface area contributed by atoms with Crippen LogP contribution in [0.2, 0.25) is 0 Å². The molecule has 0 saturated heterocycles. The molecule has 0 saturated carbocycles. The number of halogens is 1. The summed E-state index contributed by atoms with van der Waals surface area (Å²) in [6.45, 7) is 1.89. The number of aromatic nitrogens is 1. The molecule has 5 heteroatoms. The predicted octanol–water partition coefficient (Wildman–Crippen LogP) is 3.21. The highest BCUT2D eigenvalue weighted by molar-refractivity contribution is 9.10. The van der Waals surface area contributed by atoms with Crippen molar-refractivity contribution < 1.29 is 4.79 Å². The highest BCUT2D eigenvalue weighted by Gasteiger charge is 2.14. The average molecular weight is 330 g/mol. The molecule has 0 fully saturated rings. The third kappa shape index (κ3) is 3.22. The smallest absolute Gasteiger partial charge is 0.271 e. The van der Waals surface area contributed by atoms with Crippen molar-refractivity contribution >= 4 is 21.8 Å². The zero-order chi connectivity index (χ0) is 14.5. The maximum Gasteiger partial charge on any atom is 0.271 e. The van der Waals surface area contributed by atoms with Gasteiger partial charge in [0.15, 0.2) is 0 Å². The fourth-order valence-electron chi connectivity index (χ4n) is 1.75. The molecule has 1 heterocycles. The maximum absolute atomic E-state index is 12.1. The lowest BCUT2D eigenvalue weighted by Gasteiger charge is -2.14. The Morgan fingerprint density at radius 1 is 1.35 bits per heavy atom. The van der Waals surface area contributed by atoms with E-state index >= 15 is 0 Å². The summed E-state index contributed by atoms with van der Waals surface area (Å²) in [5, 5.41) is 11.6. The van der Waals surface area contributed by atoms with Gasteiger partial charge in [0.05, 0.1) is 17.7 Å². The fourth-order valence-corrected chi connectivity index (χ4v) is 2.18. The van der Waals surface area contributed by atoms with Gasteiger partial charge in [0.1, 0.15) is 5.69 Å². The number of carbonyl (C=O) groups excluding carboxylic acids is 1. The molecule has 0 aliphatic rings. The third-order valence-electron chi connectivity index (χ3n) is 2.86. The molecule has 1 aromatic carbocycles. The van der Waals surface area contributed by atoms with Crippen LogP contribution in [0.25, 0.3) is 0 Å². The molecule has 100 valence electrons. The second-order valence-electron chi connectivity index (χ2n) is 4.26. The van der Waals surface area contributed by atoms with Gasteiger partial charge in [-0.25, -0.2) is 4.98 Å². The average Bonchev–Trinajstić information content (AvgIpc) is 2.47. The van der Waals surface area contributed by atoms with E-state index in [1.807, 2.05) is 19.1 Å². The first-order valence-electron chi connectivity index (χ1n) is 6.03. The minimum absolute atomic E-state index is 0.163. The van der Waals surface area contributed by atoms with Crippen LogP contribution in [-0.4, -0.2) is 10.9 Å². The van der Waals surface area contributed by atoms with E-state index in [0.717, 1.165) is 5.56 Å². The van der Waals surface area contributed by atoms with Crippen LogP contribution in [0.5, 0.6) is 0 Å². The summed E-state index contributed by atoms with van der Waals surface area (Å²) in [4.78, 5) is 16.2. The monoisotopic (exact) mass is 329 g/mol. The molecule has 2 aromatic rings. The van der Waals surface area contributed by atoms with Crippen molar-refractivity contribution in [2.45, 2.75) is 13.0 Å². The topological polar surface area (TPSA) is 65.8 Å². The molecule has 0 aliphatic carbocycles. The number of benzene rings is 1. The summed E-state index contributed by atoms with van der Waals surface area (Å²) >= 11 is 3.30. The molecular weight excluding hydrogens is 318 g/mol. The van der Waals surface area contributed by atoms with Gasteiger partial charge < -0.3 is 5.32 Å². The lowest BCUT2D eigenvalue weighted by molar-refractivity contribution is 0.0934. The molecule has 0 bridgehead atoms. The molecule has 0 radical (unpaired) electrons. The second kappa shape index (κ2) is 6.31. The summed E-state index contributed by atoms with van der Waals surface area (Å²) in [5.41, 5.74) is 1.89. The second-order valence-corrected chi connectivity index (χ2v) is 5.12. The van der Waals surface area contributed by atoms with Crippen molar-refractivity contribution in [1.29, 1.82) is 5.26 Å². The Morgan fingerprint density at radius 3 is 2.65 bits per heavy atom. The Morgan fingerprint density at radius 2 is 2.05 bits per heavy atom. The van der Waals surface area contributed by atoms with Crippen molar-refractivity contribution in [2.24, 2.45) is 0 Å². The number of nitrogens with one attached hydrogen (secondary N) is 1. The van der Waals surface area contributed by atoms with Gasteiger partial charge in [-0.05, 0) is 52.7 Å². The third-order valence-corrected chi connectivity index (χ3v) is 3.50.